The Morgan fingerprint density at radius 1 is 1.21 bits per heavy atom. The highest BCUT2D eigenvalue weighted by molar-refractivity contribution is 6.16. The molecule has 1 atom stereocenters. The lowest BCUT2D eigenvalue weighted by molar-refractivity contribution is -0.129. The van der Waals surface area contributed by atoms with Gasteiger partial charge in [0.05, 0.1) is 18.4 Å². The van der Waals surface area contributed by atoms with Crippen molar-refractivity contribution in [1.82, 2.24) is 14.8 Å². The van der Waals surface area contributed by atoms with Crippen LogP contribution in [0.1, 0.15) is 42.6 Å². The van der Waals surface area contributed by atoms with Gasteiger partial charge in [-0.1, -0.05) is 32.0 Å². The molecule has 8 heteroatoms. The van der Waals surface area contributed by atoms with Crippen LogP contribution < -0.4 is 4.74 Å². The van der Waals surface area contributed by atoms with E-state index < -0.39 is 23.5 Å². The fourth-order valence-electron chi connectivity index (χ4n) is 4.41. The number of para-hydroxylation sites is 1. The number of aromatic nitrogens is 1. The van der Waals surface area contributed by atoms with Gasteiger partial charge in [-0.2, -0.15) is 0 Å². The van der Waals surface area contributed by atoms with E-state index in [1.807, 2.05) is 6.07 Å². The number of rotatable bonds is 10. The number of amides is 1. The van der Waals surface area contributed by atoms with Gasteiger partial charge < -0.3 is 24.1 Å². The minimum Gasteiger partial charge on any atom is -0.503 e. The van der Waals surface area contributed by atoms with Gasteiger partial charge in [0.25, 0.3) is 5.91 Å². The van der Waals surface area contributed by atoms with Crippen molar-refractivity contribution in [1.29, 1.82) is 0 Å². The van der Waals surface area contributed by atoms with Crippen LogP contribution in [0.15, 0.2) is 64.4 Å². The molecular formula is C26H29N3O5. The molecule has 1 aliphatic rings. The lowest BCUT2D eigenvalue weighted by Crippen LogP contribution is -2.34. The quantitative estimate of drug-likeness (QED) is 0.451. The summed E-state index contributed by atoms with van der Waals surface area (Å²) < 4.78 is 11.2. The van der Waals surface area contributed by atoms with Gasteiger partial charge in [0.15, 0.2) is 22.9 Å². The highest BCUT2D eigenvalue weighted by Gasteiger charge is 2.45. The molecule has 1 aromatic carbocycles. The molecule has 178 valence electrons. The number of ketones is 1. The molecule has 0 bridgehead atoms. The predicted octanol–water partition coefficient (Wildman–Crippen LogP) is 4.15. The normalized spacial score (nSPS) is 16.2. The number of pyridine rings is 1. The van der Waals surface area contributed by atoms with E-state index >= 15 is 0 Å². The number of fused-ring (bicyclic) bond motifs is 1. The molecule has 0 spiro atoms. The number of nitrogens with zero attached hydrogens (tertiary/aromatic N) is 3. The van der Waals surface area contributed by atoms with Crippen LogP contribution in [0, 0.1) is 0 Å². The SMILES string of the molecule is CCN(CC)CCCN1C(=O)C(O)=C(C(=O)c2cc3cccc(OC)c3o2)[C@H]1c1ccccn1. The second-order valence-corrected chi connectivity index (χ2v) is 8.12. The zero-order valence-electron chi connectivity index (χ0n) is 19.7. The van der Waals surface area contributed by atoms with E-state index in [-0.39, 0.29) is 11.3 Å². The molecule has 1 amide bonds. The molecule has 3 aromatic rings. The third-order valence-electron chi connectivity index (χ3n) is 6.24. The topological polar surface area (TPSA) is 96.1 Å². The molecule has 2 aromatic heterocycles. The Morgan fingerprint density at radius 3 is 2.68 bits per heavy atom. The van der Waals surface area contributed by atoms with Crippen LogP contribution in [0.5, 0.6) is 5.75 Å². The number of aliphatic hydroxyl groups excluding tert-OH is 1. The largest absolute Gasteiger partial charge is 0.503 e. The molecule has 4 rings (SSSR count). The summed E-state index contributed by atoms with van der Waals surface area (Å²) in [6.45, 7) is 7.19. The van der Waals surface area contributed by atoms with Crippen molar-refractivity contribution in [2.24, 2.45) is 0 Å². The zero-order valence-corrected chi connectivity index (χ0v) is 19.7. The molecule has 0 saturated heterocycles. The second kappa shape index (κ2) is 10.1. The van der Waals surface area contributed by atoms with Gasteiger partial charge in [-0.3, -0.25) is 14.6 Å². The summed E-state index contributed by atoms with van der Waals surface area (Å²) in [6.07, 6.45) is 2.31. The molecule has 34 heavy (non-hydrogen) atoms. The monoisotopic (exact) mass is 463 g/mol. The first-order chi connectivity index (χ1) is 16.5. The Morgan fingerprint density at radius 2 is 2.00 bits per heavy atom. The summed E-state index contributed by atoms with van der Waals surface area (Å²) in [5, 5.41) is 11.5. The zero-order chi connectivity index (χ0) is 24.2. The minimum absolute atomic E-state index is 0.0236. The van der Waals surface area contributed by atoms with E-state index in [1.54, 1.807) is 42.6 Å². The first-order valence-electron chi connectivity index (χ1n) is 11.5. The number of benzene rings is 1. The van der Waals surface area contributed by atoms with Gasteiger partial charge in [-0.15, -0.1) is 0 Å². The van der Waals surface area contributed by atoms with E-state index in [9.17, 15) is 14.7 Å². The first-order valence-corrected chi connectivity index (χ1v) is 11.5. The highest BCUT2D eigenvalue weighted by atomic mass is 16.5. The summed E-state index contributed by atoms with van der Waals surface area (Å²) >= 11 is 0. The molecule has 3 heterocycles. The number of ether oxygens (including phenoxy) is 1. The Kier molecular flexibility index (Phi) is 6.98. The van der Waals surface area contributed by atoms with Gasteiger partial charge >= 0.3 is 0 Å². The number of carbonyl (C=O) groups is 2. The highest BCUT2D eigenvalue weighted by Crippen LogP contribution is 2.39. The molecule has 1 N–H and O–H groups in total. The molecule has 0 fully saturated rings. The van der Waals surface area contributed by atoms with E-state index in [2.05, 4.69) is 23.7 Å². The van der Waals surface area contributed by atoms with Crippen molar-refractivity contribution in [2.45, 2.75) is 26.3 Å². The van der Waals surface area contributed by atoms with E-state index in [1.165, 1.54) is 12.0 Å². The predicted molar refractivity (Wildman–Crippen MR) is 128 cm³/mol. The fourth-order valence-corrected chi connectivity index (χ4v) is 4.41. The number of furan rings is 1. The number of aliphatic hydroxyl groups is 1. The van der Waals surface area contributed by atoms with Gasteiger partial charge in [0, 0.05) is 18.1 Å². The van der Waals surface area contributed by atoms with E-state index in [4.69, 9.17) is 9.15 Å². The van der Waals surface area contributed by atoms with Crippen molar-refractivity contribution in [3.05, 3.63) is 71.4 Å². The average Bonchev–Trinajstić information content (AvgIpc) is 3.41. The second-order valence-electron chi connectivity index (χ2n) is 8.12. The maximum atomic E-state index is 13.6. The number of Topliss-reactive ketones (excluding diaryl/α,β-unsaturated/α-hetero) is 1. The Balaban J connectivity index is 1.70. The van der Waals surface area contributed by atoms with Gasteiger partial charge in [0.1, 0.15) is 6.04 Å². The van der Waals surface area contributed by atoms with Crippen LogP contribution in [0.25, 0.3) is 11.0 Å². The summed E-state index contributed by atoms with van der Waals surface area (Å²) in [5.41, 5.74) is 0.924. The molecular weight excluding hydrogens is 434 g/mol. The maximum absolute atomic E-state index is 13.6. The lowest BCUT2D eigenvalue weighted by atomic mass is 9.98. The van der Waals surface area contributed by atoms with Crippen LogP contribution in [0.2, 0.25) is 0 Å². The molecule has 0 saturated carbocycles. The number of methoxy groups -OCH3 is 1. The van der Waals surface area contributed by atoms with Gasteiger partial charge in [-0.05, 0) is 50.3 Å². The minimum atomic E-state index is -0.798. The summed E-state index contributed by atoms with van der Waals surface area (Å²) in [6, 6.07) is 11.5. The van der Waals surface area contributed by atoms with Gasteiger partial charge in [-0.25, -0.2) is 0 Å². The van der Waals surface area contributed by atoms with Crippen LogP contribution in [-0.4, -0.2) is 64.9 Å². The first kappa shape index (κ1) is 23.5. The van der Waals surface area contributed by atoms with E-state index in [0.29, 0.717) is 35.4 Å². The fraction of sp³-hybridized carbons (Fsp3) is 0.346. The Bertz CT molecular complexity index is 1210. The van der Waals surface area contributed by atoms with Gasteiger partial charge in [0.2, 0.25) is 5.78 Å². The van der Waals surface area contributed by atoms with E-state index in [0.717, 1.165) is 19.6 Å². The molecule has 8 nitrogen and oxygen atoms in total. The standard InChI is InChI=1S/C26H29N3O5/c1-4-28(5-2)14-9-15-29-22(18-11-6-7-13-27-18)21(24(31)26(29)32)23(30)20-16-17-10-8-12-19(33-3)25(17)34-20/h6-8,10-13,16,22,31H,4-5,9,14-15H2,1-3H3/t22-/m1/s1. The smallest absolute Gasteiger partial charge is 0.290 e. The van der Waals surface area contributed by atoms with Crippen LogP contribution in [0.3, 0.4) is 0 Å². The summed E-state index contributed by atoms with van der Waals surface area (Å²) in [4.78, 5) is 34.9. The third kappa shape index (κ3) is 4.28. The Labute approximate surface area is 198 Å². The van der Waals surface area contributed by atoms with Crippen molar-refractivity contribution < 1.29 is 23.8 Å². The average molecular weight is 464 g/mol. The molecule has 1 aliphatic heterocycles. The van der Waals surface area contributed by atoms with Crippen LogP contribution in [0.4, 0.5) is 0 Å². The number of carbonyl (C=O) groups excluding carboxylic acids is 2. The van der Waals surface area contributed by atoms with Crippen molar-refractivity contribution in [2.75, 3.05) is 33.3 Å². The molecule has 0 aliphatic carbocycles. The lowest BCUT2D eigenvalue weighted by Gasteiger charge is -2.27. The van der Waals surface area contributed by atoms with Crippen LogP contribution >= 0.6 is 0 Å². The third-order valence-corrected chi connectivity index (χ3v) is 6.24. The summed E-state index contributed by atoms with van der Waals surface area (Å²) in [7, 11) is 1.52. The number of hydrogen-bond donors (Lipinski definition) is 1. The van der Waals surface area contributed by atoms with Crippen molar-refractivity contribution >= 4 is 22.7 Å². The number of hydrogen-bond acceptors (Lipinski definition) is 7. The van der Waals surface area contributed by atoms with Crippen LogP contribution in [-0.2, 0) is 4.79 Å². The molecule has 0 radical (unpaired) electrons. The molecule has 0 unspecified atom stereocenters. The summed E-state index contributed by atoms with van der Waals surface area (Å²) in [5.74, 6) is -1.16. The van der Waals surface area contributed by atoms with Crippen molar-refractivity contribution in [3.63, 3.8) is 0 Å². The Hall–Kier alpha value is -3.65. The van der Waals surface area contributed by atoms with Crippen molar-refractivity contribution in [3.8, 4) is 5.75 Å². The maximum Gasteiger partial charge on any atom is 0.290 e.